The molecule has 0 fully saturated rings. The molecule has 502 valence electrons. The lowest BCUT2D eigenvalue weighted by molar-refractivity contribution is 1.17. The van der Waals surface area contributed by atoms with Gasteiger partial charge in [0.2, 0.25) is 0 Å². The quantitative estimate of drug-likeness (QED) is 0.131. The van der Waals surface area contributed by atoms with Crippen LogP contribution in [-0.4, -0.2) is 27.4 Å². The molecule has 0 saturated carbocycles. The zero-order valence-electron chi connectivity index (χ0n) is 58.6. The Morgan fingerprint density at radius 3 is 0.574 bits per heavy atom. The molecule has 0 aliphatic heterocycles. The maximum Gasteiger partial charge on any atom is 0.0547 e. The van der Waals surface area contributed by atoms with Crippen LogP contribution in [0.1, 0.15) is 0 Å². The summed E-state index contributed by atoms with van der Waals surface area (Å²) in [5.41, 5.74) is 30.2. The van der Waals surface area contributed by atoms with Gasteiger partial charge in [0.05, 0.1) is 66.2 Å². The van der Waals surface area contributed by atoms with E-state index in [1.807, 2.05) is 0 Å². The molecular weight excluding hydrogens is 1310 g/mol. The second kappa shape index (κ2) is 23.5. The summed E-state index contributed by atoms with van der Waals surface area (Å²) in [7, 11) is 0. The zero-order valence-corrected chi connectivity index (χ0v) is 58.6. The van der Waals surface area contributed by atoms with Gasteiger partial charge in [0.25, 0.3) is 0 Å². The molecule has 0 amide bonds. The molecule has 0 atom stereocenters. The average molecular weight is 1370 g/mol. The van der Waals surface area contributed by atoms with Crippen LogP contribution < -0.4 is 0 Å². The van der Waals surface area contributed by atoms with Crippen molar-refractivity contribution in [2.75, 3.05) is 0 Å². The Hall–Kier alpha value is -14.5. The van der Waals surface area contributed by atoms with E-state index in [1.165, 1.54) is 137 Å². The Morgan fingerprint density at radius 1 is 0.102 bits per heavy atom. The summed E-state index contributed by atoms with van der Waals surface area (Å²) in [6.07, 6.45) is 0. The number of nitrogens with zero attached hydrogens (tertiary/aromatic N) is 6. The third kappa shape index (κ3) is 9.08. The van der Waals surface area contributed by atoms with E-state index >= 15 is 0 Å². The van der Waals surface area contributed by atoms with Crippen molar-refractivity contribution in [1.29, 1.82) is 0 Å². The highest BCUT2D eigenvalue weighted by Crippen LogP contribution is 2.46. The first kappa shape index (κ1) is 60.0. The van der Waals surface area contributed by atoms with Gasteiger partial charge in [-0.15, -0.1) is 0 Å². The van der Waals surface area contributed by atoms with Gasteiger partial charge < -0.3 is 27.4 Å². The number of hydrogen-bond acceptors (Lipinski definition) is 0. The Kier molecular flexibility index (Phi) is 13.1. The number of hydrogen-bond donors (Lipinski definition) is 0. The lowest BCUT2D eigenvalue weighted by Gasteiger charge is -2.12. The molecule has 6 heteroatoms. The minimum Gasteiger partial charge on any atom is -0.309 e. The first-order chi connectivity index (χ1) is 53.6. The largest absolute Gasteiger partial charge is 0.309 e. The second-order valence-electron chi connectivity index (χ2n) is 28.8. The molecule has 23 aromatic rings. The van der Waals surface area contributed by atoms with E-state index in [0.29, 0.717) is 0 Å². The SMILES string of the molecule is c1ccc(-n2c3ccccc3c3cc(-c4ccc5c(c4)c4cc(-c6ccc7c(c6)c6ccc(-c8ccc9c%10cc(-c%11ccc%12c(c%11)c%11ccccc%11n%12-c%11ccccc%11)ccc%10n(-c%10ccc%11c(c%10)c%10ccccc%10n%11-c%10ccccc%10)c9c8)cc6n7-c6ccccc6)ccc4n5-c4ccccc4)ccc32)cc1. The fourth-order valence-electron chi connectivity index (χ4n) is 18.1. The zero-order chi connectivity index (χ0) is 70.7. The normalized spacial score (nSPS) is 12.1. The van der Waals surface area contributed by atoms with Crippen molar-refractivity contribution in [3.8, 4) is 78.6 Å². The van der Waals surface area contributed by atoms with Gasteiger partial charge in [0.1, 0.15) is 0 Å². The van der Waals surface area contributed by atoms with Crippen molar-refractivity contribution in [2.45, 2.75) is 0 Å². The Balaban J connectivity index is 0.676. The molecule has 108 heavy (non-hydrogen) atoms. The van der Waals surface area contributed by atoms with Gasteiger partial charge >= 0.3 is 0 Å². The Bertz CT molecular complexity index is 7640. The molecule has 23 rings (SSSR count). The number of para-hydroxylation sites is 8. The number of fused-ring (bicyclic) bond motifs is 18. The molecule has 6 aromatic heterocycles. The maximum absolute atomic E-state index is 2.51. The first-order valence-electron chi connectivity index (χ1n) is 37.2. The first-order valence-corrected chi connectivity index (χ1v) is 37.2. The molecule has 0 aliphatic carbocycles. The van der Waals surface area contributed by atoms with E-state index in [9.17, 15) is 0 Å². The Morgan fingerprint density at radius 2 is 0.287 bits per heavy atom. The summed E-state index contributed by atoms with van der Waals surface area (Å²) < 4.78 is 14.6. The highest BCUT2D eigenvalue weighted by Gasteiger charge is 2.23. The maximum atomic E-state index is 2.51. The fourth-order valence-corrected chi connectivity index (χ4v) is 18.1. The van der Waals surface area contributed by atoms with Gasteiger partial charge in [-0.25, -0.2) is 0 Å². The van der Waals surface area contributed by atoms with E-state index in [0.717, 1.165) is 72.9 Å². The number of aromatic nitrogens is 6. The van der Waals surface area contributed by atoms with E-state index in [4.69, 9.17) is 0 Å². The predicted octanol–water partition coefficient (Wildman–Crippen LogP) is 26.9. The van der Waals surface area contributed by atoms with Gasteiger partial charge in [-0.1, -0.05) is 206 Å². The number of benzene rings is 17. The van der Waals surface area contributed by atoms with Crippen LogP contribution in [0.5, 0.6) is 0 Å². The molecule has 0 spiro atoms. The third-order valence-electron chi connectivity index (χ3n) is 23.0. The molecule has 0 bridgehead atoms. The van der Waals surface area contributed by atoms with E-state index in [2.05, 4.69) is 416 Å². The number of rotatable bonds is 10. The van der Waals surface area contributed by atoms with Crippen molar-refractivity contribution in [3.05, 3.63) is 388 Å². The van der Waals surface area contributed by atoms with Gasteiger partial charge in [-0.2, -0.15) is 0 Å². The van der Waals surface area contributed by atoms with Gasteiger partial charge in [-0.3, -0.25) is 0 Å². The highest BCUT2D eigenvalue weighted by atomic mass is 15.0. The van der Waals surface area contributed by atoms with Crippen LogP contribution in [0.25, 0.3) is 209 Å². The van der Waals surface area contributed by atoms with Gasteiger partial charge in [0.15, 0.2) is 0 Å². The Labute approximate surface area is 621 Å². The third-order valence-corrected chi connectivity index (χ3v) is 23.0. The smallest absolute Gasteiger partial charge is 0.0547 e. The molecule has 0 unspecified atom stereocenters. The summed E-state index contributed by atoms with van der Waals surface area (Å²) in [5.74, 6) is 0. The monoisotopic (exact) mass is 1370 g/mol. The summed E-state index contributed by atoms with van der Waals surface area (Å²) >= 11 is 0. The molecule has 0 saturated heterocycles. The molecule has 0 aliphatic rings. The van der Waals surface area contributed by atoms with Crippen molar-refractivity contribution in [2.24, 2.45) is 0 Å². The minimum atomic E-state index is 1.11. The molecule has 0 N–H and O–H groups in total. The van der Waals surface area contributed by atoms with Crippen molar-refractivity contribution in [3.63, 3.8) is 0 Å². The van der Waals surface area contributed by atoms with Crippen LogP contribution in [0.15, 0.2) is 388 Å². The van der Waals surface area contributed by atoms with E-state index in [-0.39, 0.29) is 0 Å². The fraction of sp³-hybridized carbons (Fsp3) is 0. The standard InChI is InChI=1S/C102H64N6/c1-6-22-73(23-7-1)103-91-35-19-16-32-79(91)84-56-65(40-49-94(84)103)67-43-52-97-87(59-67)83-48-39-72(63-102(83)108(97)78-46-55-100-90(64-78)81-34-18-21-37-93(81)105(100)75-26-10-3-11-27-75)71-38-47-82-86-58-68(42-51-96(86)107(101(82)62-71)77-30-14-5-15-31-77)70-45-54-99-89(61-70)88-60-69(44-53-98(88)106(99)76-28-12-4-13-29-76)66-41-50-95-85(57-66)80-33-17-20-36-92(80)104(95)74-24-8-2-9-25-74/h1-64H. The van der Waals surface area contributed by atoms with E-state index in [1.54, 1.807) is 0 Å². The average Bonchev–Trinajstić information content (AvgIpc) is 1.58. The van der Waals surface area contributed by atoms with Crippen molar-refractivity contribution < 1.29 is 0 Å². The highest BCUT2D eigenvalue weighted by molar-refractivity contribution is 6.18. The summed E-state index contributed by atoms with van der Waals surface area (Å²) in [6, 6.07) is 144. The topological polar surface area (TPSA) is 29.6 Å². The summed E-state index contributed by atoms with van der Waals surface area (Å²) in [4.78, 5) is 0. The summed E-state index contributed by atoms with van der Waals surface area (Å²) in [6.45, 7) is 0. The van der Waals surface area contributed by atoms with Crippen molar-refractivity contribution >= 4 is 131 Å². The minimum absolute atomic E-state index is 1.11. The predicted molar refractivity (Wildman–Crippen MR) is 454 cm³/mol. The van der Waals surface area contributed by atoms with Gasteiger partial charge in [0, 0.05) is 98.8 Å². The second-order valence-corrected chi connectivity index (χ2v) is 28.8. The molecule has 6 heterocycles. The van der Waals surface area contributed by atoms with Gasteiger partial charge in [-0.05, 0) is 226 Å². The van der Waals surface area contributed by atoms with Crippen LogP contribution in [0.4, 0.5) is 0 Å². The summed E-state index contributed by atoms with van der Waals surface area (Å²) in [5, 5.41) is 14.6. The lowest BCUT2D eigenvalue weighted by Crippen LogP contribution is -1.96. The molecule has 17 aromatic carbocycles. The van der Waals surface area contributed by atoms with Crippen LogP contribution in [0.2, 0.25) is 0 Å². The van der Waals surface area contributed by atoms with Crippen LogP contribution >= 0.6 is 0 Å². The van der Waals surface area contributed by atoms with E-state index < -0.39 is 0 Å². The van der Waals surface area contributed by atoms with Crippen molar-refractivity contribution in [1.82, 2.24) is 27.4 Å². The van der Waals surface area contributed by atoms with Crippen LogP contribution in [-0.2, 0) is 0 Å². The molecule has 6 nitrogen and oxygen atoms in total. The lowest BCUT2D eigenvalue weighted by atomic mass is 9.98. The van der Waals surface area contributed by atoms with Crippen LogP contribution in [0.3, 0.4) is 0 Å². The molecule has 0 radical (unpaired) electrons. The molecular formula is C102H64N6. The van der Waals surface area contributed by atoms with Crippen LogP contribution in [0, 0.1) is 0 Å².